The number of rotatable bonds is 7. The quantitative estimate of drug-likeness (QED) is 0.439. The van der Waals surface area contributed by atoms with Crippen LogP contribution in [0.4, 0.5) is 17.1 Å². The fourth-order valence-electron chi connectivity index (χ4n) is 3.37. The number of hydrogen-bond acceptors (Lipinski definition) is 6. The van der Waals surface area contributed by atoms with Gasteiger partial charge in [-0.15, -0.1) is 0 Å². The van der Waals surface area contributed by atoms with Gasteiger partial charge >= 0.3 is 0 Å². The molecule has 1 N–H and O–H groups in total. The van der Waals surface area contributed by atoms with E-state index in [4.69, 9.17) is 0 Å². The molecule has 29 heavy (non-hydrogen) atoms. The molecule has 1 amide bonds. The monoisotopic (exact) mass is 396 g/mol. The lowest BCUT2D eigenvalue weighted by molar-refractivity contribution is -0.384. The van der Waals surface area contributed by atoms with Crippen LogP contribution < -0.4 is 10.2 Å². The molecule has 1 fully saturated rings. The van der Waals surface area contributed by atoms with Crippen LogP contribution in [0.15, 0.2) is 48.5 Å². The predicted octanol–water partition coefficient (Wildman–Crippen LogP) is 2.95. The maximum absolute atomic E-state index is 12.2. The van der Waals surface area contributed by atoms with E-state index >= 15 is 0 Å². The number of piperazine rings is 1. The summed E-state index contributed by atoms with van der Waals surface area (Å²) in [7, 11) is 0. The number of para-hydroxylation sites is 2. The Balaban J connectivity index is 1.46. The van der Waals surface area contributed by atoms with Gasteiger partial charge in [-0.1, -0.05) is 12.1 Å². The molecule has 152 valence electrons. The van der Waals surface area contributed by atoms with Crippen molar-refractivity contribution in [1.29, 1.82) is 0 Å². The van der Waals surface area contributed by atoms with Crippen molar-refractivity contribution in [3.8, 4) is 0 Å². The number of carbonyl (C=O) groups is 2. The number of hydrogen-bond donors (Lipinski definition) is 1. The molecule has 1 aliphatic heterocycles. The van der Waals surface area contributed by atoms with Crippen LogP contribution in [0, 0.1) is 10.1 Å². The Morgan fingerprint density at radius 3 is 2.31 bits per heavy atom. The average molecular weight is 396 g/mol. The number of benzene rings is 2. The summed E-state index contributed by atoms with van der Waals surface area (Å²) in [5.74, 6) is -0.0930. The molecule has 1 heterocycles. The third kappa shape index (κ3) is 5.39. The van der Waals surface area contributed by atoms with Crippen molar-refractivity contribution in [2.24, 2.45) is 0 Å². The van der Waals surface area contributed by atoms with Gasteiger partial charge in [0, 0.05) is 56.5 Å². The number of nitro groups is 1. The Labute approximate surface area is 169 Å². The van der Waals surface area contributed by atoms with Crippen LogP contribution in [-0.4, -0.2) is 54.2 Å². The Kier molecular flexibility index (Phi) is 6.56. The molecule has 0 unspecified atom stereocenters. The SMILES string of the molecule is CC(=O)c1ccc(NC(=O)CCN2CCN(c3ccccc3[N+](=O)[O-])CC2)cc1. The second-order valence-corrected chi connectivity index (χ2v) is 7.01. The van der Waals surface area contributed by atoms with Crippen LogP contribution in [0.2, 0.25) is 0 Å². The zero-order chi connectivity index (χ0) is 20.8. The summed E-state index contributed by atoms with van der Waals surface area (Å²) in [4.78, 5) is 38.5. The topological polar surface area (TPSA) is 95.8 Å². The summed E-state index contributed by atoms with van der Waals surface area (Å²) in [5.41, 5.74) is 2.04. The van der Waals surface area contributed by atoms with Crippen LogP contribution in [0.3, 0.4) is 0 Å². The van der Waals surface area contributed by atoms with E-state index in [0.29, 0.717) is 43.0 Å². The van der Waals surface area contributed by atoms with Crippen molar-refractivity contribution >= 4 is 28.8 Å². The zero-order valence-electron chi connectivity index (χ0n) is 16.3. The first-order valence-electron chi connectivity index (χ1n) is 9.55. The number of nitrogens with one attached hydrogen (secondary N) is 1. The van der Waals surface area contributed by atoms with Crippen molar-refractivity contribution in [3.05, 3.63) is 64.2 Å². The molecule has 1 aliphatic rings. The lowest BCUT2D eigenvalue weighted by Crippen LogP contribution is -2.47. The lowest BCUT2D eigenvalue weighted by Gasteiger charge is -2.35. The molecule has 0 radical (unpaired) electrons. The van der Waals surface area contributed by atoms with E-state index in [1.165, 1.54) is 13.0 Å². The minimum atomic E-state index is -0.352. The van der Waals surface area contributed by atoms with E-state index < -0.39 is 0 Å². The van der Waals surface area contributed by atoms with Gasteiger partial charge in [-0.3, -0.25) is 24.6 Å². The van der Waals surface area contributed by atoms with Crippen molar-refractivity contribution in [3.63, 3.8) is 0 Å². The van der Waals surface area contributed by atoms with E-state index in [0.717, 1.165) is 13.1 Å². The molecule has 0 bridgehead atoms. The van der Waals surface area contributed by atoms with Crippen molar-refractivity contribution in [2.75, 3.05) is 42.9 Å². The minimum absolute atomic E-state index is 0.0112. The van der Waals surface area contributed by atoms with E-state index in [2.05, 4.69) is 10.2 Å². The van der Waals surface area contributed by atoms with Gasteiger partial charge in [-0.2, -0.15) is 0 Å². The van der Waals surface area contributed by atoms with E-state index in [9.17, 15) is 19.7 Å². The summed E-state index contributed by atoms with van der Waals surface area (Å²) in [6.45, 7) is 4.97. The number of carbonyl (C=O) groups excluding carboxylic acids is 2. The van der Waals surface area contributed by atoms with Crippen molar-refractivity contribution < 1.29 is 14.5 Å². The number of nitrogens with zero attached hydrogens (tertiary/aromatic N) is 3. The average Bonchev–Trinajstić information content (AvgIpc) is 2.73. The van der Waals surface area contributed by atoms with Crippen LogP contribution in [-0.2, 0) is 4.79 Å². The fourth-order valence-corrected chi connectivity index (χ4v) is 3.37. The standard InChI is InChI=1S/C21H24N4O4/c1-16(26)17-6-8-18(9-7-17)22-21(27)10-11-23-12-14-24(15-13-23)19-4-2-3-5-20(19)25(28)29/h2-9H,10-15H2,1H3,(H,22,27). The second kappa shape index (κ2) is 9.29. The van der Waals surface area contributed by atoms with Crippen LogP contribution in [0.5, 0.6) is 0 Å². The molecule has 0 aliphatic carbocycles. The molecular weight excluding hydrogens is 372 g/mol. The molecule has 2 aromatic rings. The summed E-state index contributed by atoms with van der Waals surface area (Å²) in [6.07, 6.45) is 0.361. The summed E-state index contributed by atoms with van der Waals surface area (Å²) in [5, 5.41) is 14.1. The maximum Gasteiger partial charge on any atom is 0.292 e. The molecule has 0 aromatic heterocycles. The smallest absolute Gasteiger partial charge is 0.292 e. The van der Waals surface area contributed by atoms with E-state index in [1.807, 2.05) is 11.0 Å². The highest BCUT2D eigenvalue weighted by Gasteiger charge is 2.23. The highest BCUT2D eigenvalue weighted by Crippen LogP contribution is 2.28. The van der Waals surface area contributed by atoms with Gasteiger partial charge in [0.1, 0.15) is 5.69 Å². The van der Waals surface area contributed by atoms with Gasteiger partial charge in [-0.05, 0) is 37.3 Å². The number of anilines is 2. The second-order valence-electron chi connectivity index (χ2n) is 7.01. The Morgan fingerprint density at radius 2 is 1.69 bits per heavy atom. The van der Waals surface area contributed by atoms with Crippen molar-refractivity contribution in [1.82, 2.24) is 4.90 Å². The minimum Gasteiger partial charge on any atom is -0.363 e. The van der Waals surface area contributed by atoms with Crippen molar-refractivity contribution in [2.45, 2.75) is 13.3 Å². The fraction of sp³-hybridized carbons (Fsp3) is 0.333. The molecule has 0 atom stereocenters. The normalized spacial score (nSPS) is 14.4. The van der Waals surface area contributed by atoms with E-state index in [-0.39, 0.29) is 22.3 Å². The van der Waals surface area contributed by atoms with Crippen LogP contribution in [0.25, 0.3) is 0 Å². The molecule has 0 spiro atoms. The number of ketones is 1. The zero-order valence-corrected chi connectivity index (χ0v) is 16.3. The maximum atomic E-state index is 12.2. The third-order valence-corrected chi connectivity index (χ3v) is 5.02. The van der Waals surface area contributed by atoms with Gasteiger partial charge in [0.2, 0.25) is 5.91 Å². The molecule has 0 saturated carbocycles. The summed E-state index contributed by atoms with van der Waals surface area (Å²) in [6, 6.07) is 13.6. The van der Waals surface area contributed by atoms with Crippen LogP contribution in [0.1, 0.15) is 23.7 Å². The Morgan fingerprint density at radius 1 is 1.03 bits per heavy atom. The summed E-state index contributed by atoms with van der Waals surface area (Å²) < 4.78 is 0. The van der Waals surface area contributed by atoms with Gasteiger partial charge in [0.25, 0.3) is 5.69 Å². The summed E-state index contributed by atoms with van der Waals surface area (Å²) >= 11 is 0. The van der Waals surface area contributed by atoms with Gasteiger partial charge < -0.3 is 10.2 Å². The number of amides is 1. The molecule has 8 heteroatoms. The molecule has 8 nitrogen and oxygen atoms in total. The molecule has 2 aromatic carbocycles. The van der Waals surface area contributed by atoms with Gasteiger partial charge in [0.15, 0.2) is 5.78 Å². The Hall–Kier alpha value is -3.26. The van der Waals surface area contributed by atoms with Gasteiger partial charge in [-0.25, -0.2) is 0 Å². The molecular formula is C21H24N4O4. The highest BCUT2D eigenvalue weighted by molar-refractivity contribution is 5.95. The third-order valence-electron chi connectivity index (χ3n) is 5.02. The first-order chi connectivity index (χ1) is 13.9. The number of nitro benzene ring substituents is 1. The van der Waals surface area contributed by atoms with Gasteiger partial charge in [0.05, 0.1) is 4.92 Å². The molecule has 1 saturated heterocycles. The molecule has 3 rings (SSSR count). The lowest BCUT2D eigenvalue weighted by atomic mass is 10.1. The predicted molar refractivity (Wildman–Crippen MR) is 111 cm³/mol. The first-order valence-corrected chi connectivity index (χ1v) is 9.55. The number of Topliss-reactive ketones (excluding diaryl/α,β-unsaturated/α-hetero) is 1. The van der Waals surface area contributed by atoms with Crippen LogP contribution >= 0.6 is 0 Å². The largest absolute Gasteiger partial charge is 0.363 e. The van der Waals surface area contributed by atoms with E-state index in [1.54, 1.807) is 36.4 Å². The Bertz CT molecular complexity index is 890. The first kappa shape index (κ1) is 20.5. The highest BCUT2D eigenvalue weighted by atomic mass is 16.6.